The Kier molecular flexibility index (Phi) is 5.12. The standard InChI is InChI=1S/C17H15ClFNO/c1-2-10-20(15-6-4-3-5-7-15)17(21)11-13-8-9-14(19)12-16(13)18/h2-9,12H,1,10-11H2. The number of hydrogen-bond donors (Lipinski definition) is 0. The van der Waals surface area contributed by atoms with Crippen LogP contribution >= 0.6 is 11.6 Å². The Bertz CT molecular complexity index is 642. The summed E-state index contributed by atoms with van der Waals surface area (Å²) in [7, 11) is 0. The first-order chi connectivity index (χ1) is 10.1. The molecule has 2 nitrogen and oxygen atoms in total. The van der Waals surface area contributed by atoms with E-state index in [1.807, 2.05) is 30.3 Å². The number of halogens is 2. The van der Waals surface area contributed by atoms with Gasteiger partial charge in [0.2, 0.25) is 5.91 Å². The van der Waals surface area contributed by atoms with Crippen LogP contribution in [0.1, 0.15) is 5.56 Å². The van der Waals surface area contributed by atoms with E-state index in [0.717, 1.165) is 5.69 Å². The Morgan fingerprint density at radius 2 is 1.95 bits per heavy atom. The summed E-state index contributed by atoms with van der Waals surface area (Å²) >= 11 is 5.97. The van der Waals surface area contributed by atoms with Crippen LogP contribution < -0.4 is 4.90 Å². The fraction of sp³-hybridized carbons (Fsp3) is 0.118. The highest BCUT2D eigenvalue weighted by atomic mass is 35.5. The van der Waals surface area contributed by atoms with Crippen LogP contribution in [-0.4, -0.2) is 12.5 Å². The van der Waals surface area contributed by atoms with Gasteiger partial charge in [-0.15, -0.1) is 6.58 Å². The first-order valence-corrected chi connectivity index (χ1v) is 6.90. The lowest BCUT2D eigenvalue weighted by molar-refractivity contribution is -0.117. The minimum Gasteiger partial charge on any atom is -0.308 e. The maximum atomic E-state index is 13.0. The van der Waals surface area contributed by atoms with E-state index in [4.69, 9.17) is 11.6 Å². The predicted molar refractivity (Wildman–Crippen MR) is 84.1 cm³/mol. The molecule has 0 aliphatic rings. The fourth-order valence-electron chi connectivity index (χ4n) is 2.01. The number of anilines is 1. The van der Waals surface area contributed by atoms with Gasteiger partial charge in [0, 0.05) is 17.3 Å². The normalized spacial score (nSPS) is 10.2. The van der Waals surface area contributed by atoms with Gasteiger partial charge in [-0.05, 0) is 29.8 Å². The zero-order chi connectivity index (χ0) is 15.2. The summed E-state index contributed by atoms with van der Waals surface area (Å²) in [6.45, 7) is 4.08. The van der Waals surface area contributed by atoms with Crippen molar-refractivity contribution in [2.75, 3.05) is 11.4 Å². The summed E-state index contributed by atoms with van der Waals surface area (Å²) in [6, 6.07) is 13.4. The predicted octanol–water partition coefficient (Wildman–Crippen LogP) is 4.24. The maximum Gasteiger partial charge on any atom is 0.231 e. The summed E-state index contributed by atoms with van der Waals surface area (Å²) in [5.74, 6) is -0.531. The average molecular weight is 304 g/mol. The van der Waals surface area contributed by atoms with Gasteiger partial charge in [-0.25, -0.2) is 4.39 Å². The second kappa shape index (κ2) is 7.04. The number of para-hydroxylation sites is 1. The van der Waals surface area contributed by atoms with E-state index in [1.54, 1.807) is 11.0 Å². The summed E-state index contributed by atoms with van der Waals surface area (Å²) in [4.78, 5) is 14.1. The van der Waals surface area contributed by atoms with Gasteiger partial charge in [0.05, 0.1) is 6.42 Å². The summed E-state index contributed by atoms with van der Waals surface area (Å²) in [5.41, 5.74) is 1.40. The number of hydrogen-bond acceptors (Lipinski definition) is 1. The molecular weight excluding hydrogens is 289 g/mol. The van der Waals surface area contributed by atoms with Crippen LogP contribution in [0.4, 0.5) is 10.1 Å². The molecule has 0 aliphatic carbocycles. The molecule has 0 heterocycles. The first kappa shape index (κ1) is 15.3. The molecular formula is C17H15ClFNO. The smallest absolute Gasteiger partial charge is 0.231 e. The number of carbonyl (C=O) groups is 1. The van der Waals surface area contributed by atoms with Gasteiger partial charge in [-0.3, -0.25) is 4.79 Å². The second-order valence-electron chi connectivity index (χ2n) is 4.54. The summed E-state index contributed by atoms with van der Waals surface area (Å²) in [6.07, 6.45) is 1.78. The zero-order valence-electron chi connectivity index (χ0n) is 11.4. The van der Waals surface area contributed by atoms with Crippen molar-refractivity contribution < 1.29 is 9.18 Å². The van der Waals surface area contributed by atoms with Gasteiger partial charge in [-0.1, -0.05) is 41.9 Å². The number of carbonyl (C=O) groups excluding carboxylic acids is 1. The molecule has 108 valence electrons. The second-order valence-corrected chi connectivity index (χ2v) is 4.95. The van der Waals surface area contributed by atoms with Crippen molar-refractivity contribution in [3.05, 3.63) is 77.6 Å². The molecule has 0 N–H and O–H groups in total. The number of rotatable bonds is 5. The Hall–Kier alpha value is -2.13. The number of nitrogens with zero attached hydrogens (tertiary/aromatic N) is 1. The molecule has 2 aromatic carbocycles. The van der Waals surface area contributed by atoms with Gasteiger partial charge < -0.3 is 4.90 Å². The SMILES string of the molecule is C=CCN(C(=O)Cc1ccc(F)cc1Cl)c1ccccc1. The van der Waals surface area contributed by atoms with E-state index in [9.17, 15) is 9.18 Å². The van der Waals surface area contributed by atoms with Crippen LogP contribution in [0.2, 0.25) is 5.02 Å². The van der Waals surface area contributed by atoms with Crippen LogP contribution in [-0.2, 0) is 11.2 Å². The van der Waals surface area contributed by atoms with Crippen molar-refractivity contribution in [2.24, 2.45) is 0 Å². The lowest BCUT2D eigenvalue weighted by atomic mass is 10.1. The molecule has 2 rings (SSSR count). The van der Waals surface area contributed by atoms with Crippen molar-refractivity contribution in [1.29, 1.82) is 0 Å². The molecule has 4 heteroatoms. The summed E-state index contributed by atoms with van der Waals surface area (Å²) in [5, 5.41) is 0.259. The highest BCUT2D eigenvalue weighted by molar-refractivity contribution is 6.31. The molecule has 1 amide bonds. The van der Waals surface area contributed by atoms with Crippen molar-refractivity contribution in [3.8, 4) is 0 Å². The van der Waals surface area contributed by atoms with Gasteiger partial charge >= 0.3 is 0 Å². The fourth-order valence-corrected chi connectivity index (χ4v) is 2.25. The quantitative estimate of drug-likeness (QED) is 0.757. The average Bonchev–Trinajstić information content (AvgIpc) is 2.48. The Balaban J connectivity index is 2.21. The van der Waals surface area contributed by atoms with Crippen molar-refractivity contribution in [3.63, 3.8) is 0 Å². The highest BCUT2D eigenvalue weighted by Gasteiger charge is 2.16. The molecule has 0 aromatic heterocycles. The molecule has 0 spiro atoms. The minimum atomic E-state index is -0.415. The molecule has 0 bridgehead atoms. The lowest BCUT2D eigenvalue weighted by Crippen LogP contribution is -2.32. The Morgan fingerprint density at radius 1 is 1.24 bits per heavy atom. The van der Waals surface area contributed by atoms with Crippen LogP contribution in [0.15, 0.2) is 61.2 Å². The Morgan fingerprint density at radius 3 is 2.57 bits per heavy atom. The van der Waals surface area contributed by atoms with Crippen molar-refractivity contribution >= 4 is 23.2 Å². The van der Waals surface area contributed by atoms with Gasteiger partial charge in [0.1, 0.15) is 5.82 Å². The molecule has 0 saturated carbocycles. The molecule has 0 fully saturated rings. The lowest BCUT2D eigenvalue weighted by Gasteiger charge is -2.21. The first-order valence-electron chi connectivity index (χ1n) is 6.52. The molecule has 0 aliphatic heterocycles. The number of amides is 1. The van der Waals surface area contributed by atoms with Crippen molar-refractivity contribution in [1.82, 2.24) is 0 Å². The topological polar surface area (TPSA) is 20.3 Å². The van der Waals surface area contributed by atoms with Crippen LogP contribution in [0.5, 0.6) is 0 Å². The maximum absolute atomic E-state index is 13.0. The third-order valence-corrected chi connectivity index (χ3v) is 3.39. The van der Waals surface area contributed by atoms with E-state index < -0.39 is 5.82 Å². The molecule has 0 saturated heterocycles. The molecule has 0 atom stereocenters. The molecule has 0 unspecified atom stereocenters. The van der Waals surface area contributed by atoms with Crippen LogP contribution in [0.3, 0.4) is 0 Å². The van der Waals surface area contributed by atoms with E-state index in [-0.39, 0.29) is 17.4 Å². The van der Waals surface area contributed by atoms with Crippen LogP contribution in [0, 0.1) is 5.82 Å². The van der Waals surface area contributed by atoms with Gasteiger partial charge in [0.25, 0.3) is 0 Å². The Labute approximate surface area is 128 Å². The molecule has 2 aromatic rings. The van der Waals surface area contributed by atoms with Crippen molar-refractivity contribution in [2.45, 2.75) is 6.42 Å². The third-order valence-electron chi connectivity index (χ3n) is 3.04. The molecule has 21 heavy (non-hydrogen) atoms. The van der Waals surface area contributed by atoms with Crippen LogP contribution in [0.25, 0.3) is 0 Å². The molecule has 0 radical (unpaired) electrons. The minimum absolute atomic E-state index is 0.113. The monoisotopic (exact) mass is 303 g/mol. The van der Waals surface area contributed by atoms with Gasteiger partial charge in [-0.2, -0.15) is 0 Å². The van der Waals surface area contributed by atoms with E-state index in [1.165, 1.54) is 18.2 Å². The largest absolute Gasteiger partial charge is 0.308 e. The summed E-state index contributed by atoms with van der Waals surface area (Å²) < 4.78 is 13.0. The van der Waals surface area contributed by atoms with E-state index in [2.05, 4.69) is 6.58 Å². The zero-order valence-corrected chi connectivity index (χ0v) is 12.2. The van der Waals surface area contributed by atoms with Gasteiger partial charge in [0.15, 0.2) is 0 Å². The third kappa shape index (κ3) is 3.92. The van der Waals surface area contributed by atoms with E-state index >= 15 is 0 Å². The highest BCUT2D eigenvalue weighted by Crippen LogP contribution is 2.20. The van der Waals surface area contributed by atoms with E-state index in [0.29, 0.717) is 12.1 Å². The number of benzene rings is 2.